The molecule has 0 spiro atoms. The molecule has 1 saturated heterocycles. The van der Waals surface area contributed by atoms with E-state index in [0.717, 1.165) is 30.0 Å². The highest BCUT2D eigenvalue weighted by Gasteiger charge is 2.40. The number of hydrogen-bond acceptors (Lipinski definition) is 3. The smallest absolute Gasteiger partial charge is 0.170 e. The zero-order valence-electron chi connectivity index (χ0n) is 16.2. The molecule has 7 heteroatoms. The SMILES string of the molecule is COCCCN1C(=S)N[C@@H](c2ccccn2)[C@@H]1c1cccn1-c1ccc(F)cc1. The third kappa shape index (κ3) is 4.02. The molecule has 0 bridgehead atoms. The molecule has 1 N–H and O–H groups in total. The van der Waals surface area contributed by atoms with Crippen molar-refractivity contribution in [1.82, 2.24) is 19.8 Å². The van der Waals surface area contributed by atoms with Crippen molar-refractivity contribution >= 4 is 17.3 Å². The highest BCUT2D eigenvalue weighted by Crippen LogP contribution is 2.39. The summed E-state index contributed by atoms with van der Waals surface area (Å²) in [6.07, 6.45) is 4.65. The number of ether oxygens (including phenoxy) is 1. The van der Waals surface area contributed by atoms with Crippen molar-refractivity contribution in [2.24, 2.45) is 0 Å². The molecule has 0 aliphatic carbocycles. The summed E-state index contributed by atoms with van der Waals surface area (Å²) in [5, 5.41) is 4.16. The van der Waals surface area contributed by atoms with Crippen molar-refractivity contribution in [1.29, 1.82) is 0 Å². The Hall–Kier alpha value is -2.77. The van der Waals surface area contributed by atoms with Crippen LogP contribution in [0.2, 0.25) is 0 Å². The highest BCUT2D eigenvalue weighted by molar-refractivity contribution is 7.80. The molecule has 4 rings (SSSR count). The molecule has 2 atom stereocenters. The first kappa shape index (κ1) is 19.5. The van der Waals surface area contributed by atoms with Gasteiger partial charge in [-0.05, 0) is 67.2 Å². The molecule has 0 radical (unpaired) electrons. The lowest BCUT2D eigenvalue weighted by atomic mass is 10.0. The number of pyridine rings is 1. The first-order valence-corrected chi connectivity index (χ1v) is 10.00. The fourth-order valence-electron chi connectivity index (χ4n) is 3.82. The summed E-state index contributed by atoms with van der Waals surface area (Å²) in [7, 11) is 1.70. The van der Waals surface area contributed by atoms with E-state index in [4.69, 9.17) is 17.0 Å². The maximum Gasteiger partial charge on any atom is 0.170 e. The van der Waals surface area contributed by atoms with Crippen LogP contribution >= 0.6 is 12.2 Å². The minimum absolute atomic E-state index is 0.0469. The molecule has 29 heavy (non-hydrogen) atoms. The summed E-state index contributed by atoms with van der Waals surface area (Å²) in [5.74, 6) is -0.251. The summed E-state index contributed by atoms with van der Waals surface area (Å²) < 4.78 is 20.8. The first-order chi connectivity index (χ1) is 14.2. The molecule has 0 saturated carbocycles. The van der Waals surface area contributed by atoms with Crippen LogP contribution in [0, 0.1) is 5.82 Å². The Morgan fingerprint density at radius 1 is 1.14 bits per heavy atom. The molecule has 2 aromatic heterocycles. The minimum Gasteiger partial charge on any atom is -0.385 e. The summed E-state index contributed by atoms with van der Waals surface area (Å²) in [6.45, 7) is 1.43. The number of nitrogens with one attached hydrogen (secondary N) is 1. The van der Waals surface area contributed by atoms with Gasteiger partial charge in [0.2, 0.25) is 0 Å². The average molecular weight is 411 g/mol. The van der Waals surface area contributed by atoms with E-state index in [1.54, 1.807) is 25.4 Å². The second-order valence-corrected chi connectivity index (χ2v) is 7.33. The van der Waals surface area contributed by atoms with Crippen molar-refractivity contribution < 1.29 is 9.13 Å². The van der Waals surface area contributed by atoms with E-state index >= 15 is 0 Å². The molecule has 5 nitrogen and oxygen atoms in total. The molecule has 1 aromatic carbocycles. The van der Waals surface area contributed by atoms with Gasteiger partial charge in [0.1, 0.15) is 5.82 Å². The second kappa shape index (κ2) is 8.71. The van der Waals surface area contributed by atoms with E-state index in [-0.39, 0.29) is 17.9 Å². The molecule has 150 valence electrons. The van der Waals surface area contributed by atoms with E-state index in [0.29, 0.717) is 11.7 Å². The summed E-state index contributed by atoms with van der Waals surface area (Å²) >= 11 is 5.68. The van der Waals surface area contributed by atoms with Crippen LogP contribution in [0.4, 0.5) is 4.39 Å². The zero-order chi connectivity index (χ0) is 20.2. The van der Waals surface area contributed by atoms with Gasteiger partial charge in [0.15, 0.2) is 5.11 Å². The van der Waals surface area contributed by atoms with Gasteiger partial charge in [-0.25, -0.2) is 4.39 Å². The normalized spacial score (nSPS) is 18.8. The van der Waals surface area contributed by atoms with Gasteiger partial charge in [-0.3, -0.25) is 4.98 Å². The molecule has 1 fully saturated rings. The van der Waals surface area contributed by atoms with Crippen LogP contribution in [-0.4, -0.2) is 39.8 Å². The third-order valence-corrected chi connectivity index (χ3v) is 5.49. The molecule has 0 unspecified atom stereocenters. The summed E-state index contributed by atoms with van der Waals surface area (Å²) in [6, 6.07) is 16.4. The predicted octanol–water partition coefficient (Wildman–Crippen LogP) is 4.02. The number of nitrogens with zero attached hydrogens (tertiary/aromatic N) is 3. The second-order valence-electron chi connectivity index (χ2n) is 6.95. The number of halogens is 1. The van der Waals surface area contributed by atoms with Gasteiger partial charge in [-0.15, -0.1) is 0 Å². The van der Waals surface area contributed by atoms with Gasteiger partial charge >= 0.3 is 0 Å². The predicted molar refractivity (Wildman–Crippen MR) is 114 cm³/mol. The lowest BCUT2D eigenvalue weighted by Gasteiger charge is -2.29. The van der Waals surface area contributed by atoms with E-state index in [1.807, 2.05) is 30.5 Å². The molecule has 3 heterocycles. The van der Waals surface area contributed by atoms with E-state index < -0.39 is 0 Å². The Labute approximate surface area is 175 Å². The van der Waals surface area contributed by atoms with Gasteiger partial charge in [0.05, 0.1) is 17.8 Å². The fraction of sp³-hybridized carbons (Fsp3) is 0.273. The first-order valence-electron chi connectivity index (χ1n) is 9.59. The van der Waals surface area contributed by atoms with Crippen molar-refractivity contribution in [2.45, 2.75) is 18.5 Å². The Morgan fingerprint density at radius 2 is 1.97 bits per heavy atom. The molecule has 0 amide bonds. The standard InChI is InChI=1S/C22H23FN4OS/c1-28-15-5-14-27-21(20(25-22(27)29)18-6-2-3-12-24-18)19-7-4-13-26(19)17-10-8-16(23)9-11-17/h2-4,6-13,20-21H,5,14-15H2,1H3,(H,25,29)/t20-,21-/m0/s1. The maximum atomic E-state index is 13.4. The number of rotatable bonds is 7. The maximum absolute atomic E-state index is 13.4. The third-order valence-electron chi connectivity index (χ3n) is 5.13. The van der Waals surface area contributed by atoms with E-state index in [1.165, 1.54) is 12.1 Å². The zero-order valence-corrected chi connectivity index (χ0v) is 17.0. The van der Waals surface area contributed by atoms with Crippen LogP contribution in [0.25, 0.3) is 5.69 Å². The van der Waals surface area contributed by atoms with Crippen LogP contribution in [0.3, 0.4) is 0 Å². The topological polar surface area (TPSA) is 42.3 Å². The quantitative estimate of drug-likeness (QED) is 0.471. The average Bonchev–Trinajstić information content (AvgIpc) is 3.34. The molecule has 1 aliphatic rings. The Kier molecular flexibility index (Phi) is 5.87. The molecule has 1 aliphatic heterocycles. The Bertz CT molecular complexity index is 960. The number of benzene rings is 1. The van der Waals surface area contributed by atoms with Gasteiger partial charge in [0.25, 0.3) is 0 Å². The Balaban J connectivity index is 1.75. The number of hydrogen-bond donors (Lipinski definition) is 1. The van der Waals surface area contributed by atoms with Crippen LogP contribution in [0.15, 0.2) is 67.0 Å². The lowest BCUT2D eigenvalue weighted by molar-refractivity contribution is 0.180. The number of thiocarbonyl (C=S) groups is 1. The van der Waals surface area contributed by atoms with Gasteiger partial charge < -0.3 is 19.5 Å². The largest absolute Gasteiger partial charge is 0.385 e. The van der Waals surface area contributed by atoms with Crippen molar-refractivity contribution in [3.8, 4) is 5.69 Å². The van der Waals surface area contributed by atoms with E-state index in [9.17, 15) is 4.39 Å². The van der Waals surface area contributed by atoms with E-state index in [2.05, 4.69) is 25.8 Å². The highest BCUT2D eigenvalue weighted by atomic mass is 32.1. The fourth-order valence-corrected chi connectivity index (χ4v) is 4.15. The molecular weight excluding hydrogens is 387 g/mol. The summed E-state index contributed by atoms with van der Waals surface area (Å²) in [4.78, 5) is 6.77. The van der Waals surface area contributed by atoms with Gasteiger partial charge in [-0.2, -0.15) is 0 Å². The Morgan fingerprint density at radius 3 is 2.69 bits per heavy atom. The van der Waals surface area contributed by atoms with Crippen LogP contribution in [0.5, 0.6) is 0 Å². The van der Waals surface area contributed by atoms with Crippen molar-refractivity contribution in [3.63, 3.8) is 0 Å². The lowest BCUT2D eigenvalue weighted by Crippen LogP contribution is -2.32. The minimum atomic E-state index is -0.251. The number of aromatic nitrogens is 2. The van der Waals surface area contributed by atoms with Crippen molar-refractivity contribution in [2.75, 3.05) is 20.3 Å². The van der Waals surface area contributed by atoms with Crippen LogP contribution in [0.1, 0.15) is 29.9 Å². The van der Waals surface area contributed by atoms with Crippen LogP contribution in [-0.2, 0) is 4.74 Å². The molecular formula is C22H23FN4OS. The van der Waals surface area contributed by atoms with Gasteiger partial charge in [-0.1, -0.05) is 6.07 Å². The van der Waals surface area contributed by atoms with Crippen molar-refractivity contribution in [3.05, 3.63) is 84.2 Å². The monoisotopic (exact) mass is 410 g/mol. The summed E-state index contributed by atoms with van der Waals surface area (Å²) in [5.41, 5.74) is 2.90. The number of methoxy groups -OCH3 is 1. The van der Waals surface area contributed by atoms with Gasteiger partial charge in [0, 0.05) is 44.0 Å². The van der Waals surface area contributed by atoms with Crippen LogP contribution < -0.4 is 5.32 Å². The molecule has 3 aromatic rings.